The molecule has 0 spiro atoms. The van der Waals surface area contributed by atoms with Crippen LogP contribution in [-0.2, 0) is 32.1 Å². The highest BCUT2D eigenvalue weighted by atomic mass is 16.6. The molecule has 0 saturated carbocycles. The minimum Gasteiger partial charge on any atom is -0.458 e. The van der Waals surface area contributed by atoms with Crippen LogP contribution in [0.2, 0.25) is 0 Å². The third kappa shape index (κ3) is 9.41. The number of rotatable bonds is 10. The molecule has 8 nitrogen and oxygen atoms in total. The Kier molecular flexibility index (Phi) is 9.83. The van der Waals surface area contributed by atoms with Gasteiger partial charge in [0, 0.05) is 11.8 Å². The zero-order chi connectivity index (χ0) is 26.1. The van der Waals surface area contributed by atoms with Gasteiger partial charge >= 0.3 is 12.1 Å². The highest BCUT2D eigenvalue weighted by molar-refractivity contribution is 5.90. The molecule has 0 aliphatic heterocycles. The maximum absolute atomic E-state index is 13.3. The smallest absolute Gasteiger partial charge is 0.408 e. The van der Waals surface area contributed by atoms with Crippen LogP contribution < -0.4 is 10.6 Å². The Morgan fingerprint density at radius 2 is 1.40 bits per heavy atom. The SMILES string of the molecule is CC(C)(C)OC(=O)[C@H](Cc1ccccc1)NC(=O)[C@@H](NC(=O)OCc1ccccc1)C(C)(C)CO. The Hall–Kier alpha value is -3.39. The number of hydrogen-bond donors (Lipinski definition) is 3. The summed E-state index contributed by atoms with van der Waals surface area (Å²) in [5, 5.41) is 15.2. The molecule has 3 N–H and O–H groups in total. The zero-order valence-corrected chi connectivity index (χ0v) is 21.0. The number of carbonyl (C=O) groups is 3. The summed E-state index contributed by atoms with van der Waals surface area (Å²) in [4.78, 5) is 38.8. The Morgan fingerprint density at radius 3 is 1.91 bits per heavy atom. The molecular weight excluding hydrogens is 448 g/mol. The molecular formula is C27H36N2O6. The van der Waals surface area contributed by atoms with Gasteiger partial charge in [0.25, 0.3) is 0 Å². The minimum atomic E-state index is -1.17. The lowest BCUT2D eigenvalue weighted by atomic mass is 9.84. The van der Waals surface area contributed by atoms with E-state index in [-0.39, 0.29) is 19.6 Å². The van der Waals surface area contributed by atoms with Crippen LogP contribution in [0, 0.1) is 5.41 Å². The average molecular weight is 485 g/mol. The first-order valence-electron chi connectivity index (χ1n) is 11.6. The van der Waals surface area contributed by atoms with Crippen LogP contribution >= 0.6 is 0 Å². The highest BCUT2D eigenvalue weighted by Gasteiger charge is 2.39. The number of benzene rings is 2. The van der Waals surface area contributed by atoms with Gasteiger partial charge in [-0.2, -0.15) is 0 Å². The highest BCUT2D eigenvalue weighted by Crippen LogP contribution is 2.21. The van der Waals surface area contributed by atoms with Gasteiger partial charge in [-0.1, -0.05) is 74.5 Å². The van der Waals surface area contributed by atoms with Crippen LogP contribution in [0.3, 0.4) is 0 Å². The summed E-state index contributed by atoms with van der Waals surface area (Å²) in [6, 6.07) is 16.2. The van der Waals surface area contributed by atoms with Gasteiger partial charge in [-0.05, 0) is 31.9 Å². The topological polar surface area (TPSA) is 114 Å². The maximum atomic E-state index is 13.3. The molecule has 0 bridgehead atoms. The Labute approximate surface area is 207 Å². The van der Waals surface area contributed by atoms with Crippen molar-refractivity contribution in [1.82, 2.24) is 10.6 Å². The third-order valence-corrected chi connectivity index (χ3v) is 5.22. The van der Waals surface area contributed by atoms with Crippen LogP contribution in [-0.4, -0.2) is 47.4 Å². The summed E-state index contributed by atoms with van der Waals surface area (Å²) in [5.74, 6) is -1.23. The fraction of sp³-hybridized carbons (Fsp3) is 0.444. The second kappa shape index (κ2) is 12.4. The number of amides is 2. The summed E-state index contributed by atoms with van der Waals surface area (Å²) >= 11 is 0. The van der Waals surface area contributed by atoms with Crippen LogP contribution in [0.15, 0.2) is 60.7 Å². The number of aliphatic hydroxyl groups is 1. The number of carbonyl (C=O) groups excluding carboxylic acids is 3. The molecule has 0 aliphatic carbocycles. The monoisotopic (exact) mass is 484 g/mol. The van der Waals surface area contributed by atoms with E-state index in [2.05, 4.69) is 10.6 Å². The van der Waals surface area contributed by atoms with Crippen LogP contribution in [0.4, 0.5) is 4.79 Å². The zero-order valence-electron chi connectivity index (χ0n) is 21.0. The van der Waals surface area contributed by atoms with Crippen molar-refractivity contribution in [3.63, 3.8) is 0 Å². The summed E-state index contributed by atoms with van der Waals surface area (Å²) in [6.07, 6.45) is -0.612. The van der Waals surface area contributed by atoms with Gasteiger partial charge in [-0.15, -0.1) is 0 Å². The van der Waals surface area contributed by atoms with Crippen molar-refractivity contribution in [3.8, 4) is 0 Å². The first-order valence-corrected chi connectivity index (χ1v) is 11.6. The summed E-state index contributed by atoms with van der Waals surface area (Å²) in [5.41, 5.74) is -0.170. The Balaban J connectivity index is 2.18. The van der Waals surface area contributed by atoms with Gasteiger partial charge in [0.2, 0.25) is 5.91 Å². The fourth-order valence-electron chi connectivity index (χ4n) is 3.26. The van der Waals surface area contributed by atoms with E-state index < -0.39 is 41.1 Å². The summed E-state index contributed by atoms with van der Waals surface area (Å²) in [7, 11) is 0. The van der Waals surface area contributed by atoms with Gasteiger partial charge in [0.15, 0.2) is 0 Å². The van der Waals surface area contributed by atoms with E-state index in [0.717, 1.165) is 11.1 Å². The maximum Gasteiger partial charge on any atom is 0.408 e. The molecule has 0 aliphatic rings. The largest absolute Gasteiger partial charge is 0.458 e. The number of nitrogens with one attached hydrogen (secondary N) is 2. The molecule has 2 aromatic carbocycles. The summed E-state index contributed by atoms with van der Waals surface area (Å²) < 4.78 is 10.8. The van der Waals surface area contributed by atoms with Crippen molar-refractivity contribution in [3.05, 3.63) is 71.8 Å². The van der Waals surface area contributed by atoms with Gasteiger partial charge < -0.3 is 25.2 Å². The quantitative estimate of drug-likeness (QED) is 0.446. The van der Waals surface area contributed by atoms with Crippen LogP contribution in [0.1, 0.15) is 45.7 Å². The van der Waals surface area contributed by atoms with Gasteiger partial charge in [0.1, 0.15) is 24.3 Å². The standard InChI is InChI=1S/C27H36N2O6/c1-26(2,3)35-24(32)21(16-19-12-8-6-9-13-19)28-23(31)22(27(4,5)18-30)29-25(33)34-17-20-14-10-7-11-15-20/h6-15,21-22,30H,16-18H2,1-5H3,(H,28,31)(H,29,33)/t21-,22+/m0/s1. The van der Waals surface area contributed by atoms with Crippen LogP contribution in [0.25, 0.3) is 0 Å². The first-order chi connectivity index (χ1) is 16.4. The number of alkyl carbamates (subject to hydrolysis) is 1. The molecule has 2 aromatic rings. The van der Waals surface area contributed by atoms with E-state index in [1.807, 2.05) is 60.7 Å². The van der Waals surface area contributed by atoms with E-state index in [4.69, 9.17) is 9.47 Å². The van der Waals surface area contributed by atoms with Crippen molar-refractivity contribution >= 4 is 18.0 Å². The normalized spacial score (nSPS) is 13.3. The molecule has 8 heteroatoms. The molecule has 2 rings (SSSR count). The fourth-order valence-corrected chi connectivity index (χ4v) is 3.26. The molecule has 0 unspecified atom stereocenters. The Morgan fingerprint density at radius 1 is 0.857 bits per heavy atom. The Bertz CT molecular complexity index is 970. The van der Waals surface area contributed by atoms with E-state index in [1.54, 1.807) is 34.6 Å². The molecule has 0 saturated heterocycles. The second-order valence-corrected chi connectivity index (χ2v) is 10.1. The molecule has 0 fully saturated rings. The molecule has 2 atom stereocenters. The molecule has 2 amide bonds. The molecule has 35 heavy (non-hydrogen) atoms. The number of esters is 1. The average Bonchev–Trinajstić information content (AvgIpc) is 2.80. The third-order valence-electron chi connectivity index (χ3n) is 5.22. The van der Waals surface area contributed by atoms with E-state index >= 15 is 0 Å². The predicted octanol–water partition coefficient (Wildman–Crippen LogP) is 3.37. The number of ether oxygens (including phenoxy) is 2. The van der Waals surface area contributed by atoms with Gasteiger partial charge in [-0.25, -0.2) is 9.59 Å². The van der Waals surface area contributed by atoms with Crippen molar-refractivity contribution in [2.45, 2.75) is 65.3 Å². The van der Waals surface area contributed by atoms with Gasteiger partial charge in [0.05, 0.1) is 6.61 Å². The summed E-state index contributed by atoms with van der Waals surface area (Å²) in [6.45, 7) is 8.13. The van der Waals surface area contributed by atoms with Crippen molar-refractivity contribution in [1.29, 1.82) is 0 Å². The van der Waals surface area contributed by atoms with E-state index in [0.29, 0.717) is 0 Å². The lowest BCUT2D eigenvalue weighted by molar-refractivity contribution is -0.159. The van der Waals surface area contributed by atoms with E-state index in [1.165, 1.54) is 0 Å². The lowest BCUT2D eigenvalue weighted by Gasteiger charge is -2.33. The number of hydrogen-bond acceptors (Lipinski definition) is 6. The molecule has 0 aromatic heterocycles. The van der Waals surface area contributed by atoms with Crippen molar-refractivity contribution < 1.29 is 29.0 Å². The van der Waals surface area contributed by atoms with Crippen LogP contribution in [0.5, 0.6) is 0 Å². The predicted molar refractivity (Wildman–Crippen MR) is 132 cm³/mol. The first kappa shape index (κ1) is 27.9. The van der Waals surface area contributed by atoms with E-state index in [9.17, 15) is 19.5 Å². The molecule has 0 heterocycles. The lowest BCUT2D eigenvalue weighted by Crippen LogP contribution is -2.59. The molecule has 190 valence electrons. The van der Waals surface area contributed by atoms with Crippen molar-refractivity contribution in [2.75, 3.05) is 6.61 Å². The van der Waals surface area contributed by atoms with Crippen molar-refractivity contribution in [2.24, 2.45) is 5.41 Å². The molecule has 0 radical (unpaired) electrons. The minimum absolute atomic E-state index is 0.0229. The second-order valence-electron chi connectivity index (χ2n) is 10.1. The number of aliphatic hydroxyl groups excluding tert-OH is 1. The van der Waals surface area contributed by atoms with Gasteiger partial charge in [-0.3, -0.25) is 4.79 Å².